The summed E-state index contributed by atoms with van der Waals surface area (Å²) < 4.78 is 5.22. The van der Waals surface area contributed by atoms with Gasteiger partial charge in [0.1, 0.15) is 5.75 Å². The molecule has 1 saturated heterocycles. The van der Waals surface area contributed by atoms with Crippen LogP contribution in [0.1, 0.15) is 27.0 Å². The molecule has 4 amide bonds. The number of urea groups is 1. The number of methoxy groups -OCH3 is 1. The molecular weight excluding hydrogens is 470 g/mol. The Morgan fingerprint density at radius 3 is 2.51 bits per heavy atom. The van der Waals surface area contributed by atoms with Gasteiger partial charge in [-0.2, -0.15) is 10.2 Å². The van der Waals surface area contributed by atoms with Gasteiger partial charge in [0, 0.05) is 17.7 Å². The maximum Gasteiger partial charge on any atom is 0.323 e. The van der Waals surface area contributed by atoms with Gasteiger partial charge in [-0.25, -0.2) is 4.79 Å². The van der Waals surface area contributed by atoms with Crippen LogP contribution in [0.5, 0.6) is 5.75 Å². The van der Waals surface area contributed by atoms with Gasteiger partial charge in [0.2, 0.25) is 5.54 Å². The summed E-state index contributed by atoms with van der Waals surface area (Å²) in [5.74, 6) is 5.62. The largest absolute Gasteiger partial charge is 0.497 e. The number of imide groups is 1. The SMILES string of the molecule is COc1ccc2c(c1)C(=O)N(C[C@@]1(C#Cc3ccc(CN=Nc4ccccc4)cc3)NC(=O)NC1=O)C2. The fourth-order valence-electron chi connectivity index (χ4n) is 4.18. The molecule has 3 aromatic rings. The topological polar surface area (TPSA) is 112 Å². The molecule has 0 bridgehead atoms. The second kappa shape index (κ2) is 9.95. The van der Waals surface area contributed by atoms with Gasteiger partial charge in [0.25, 0.3) is 11.8 Å². The summed E-state index contributed by atoms with van der Waals surface area (Å²) in [6.07, 6.45) is 0. The van der Waals surface area contributed by atoms with Crippen molar-refractivity contribution in [2.24, 2.45) is 10.2 Å². The minimum Gasteiger partial charge on any atom is -0.497 e. The third kappa shape index (κ3) is 5.04. The summed E-state index contributed by atoms with van der Waals surface area (Å²) in [6.45, 7) is 0.621. The summed E-state index contributed by atoms with van der Waals surface area (Å²) in [6, 6.07) is 21.5. The second-order valence-electron chi connectivity index (χ2n) is 8.68. The molecule has 2 N–H and O–H groups in total. The summed E-state index contributed by atoms with van der Waals surface area (Å²) in [5.41, 5.74) is 2.14. The monoisotopic (exact) mass is 493 g/mol. The molecule has 0 radical (unpaired) electrons. The molecule has 9 nitrogen and oxygen atoms in total. The first-order chi connectivity index (χ1) is 18.0. The second-order valence-corrected chi connectivity index (χ2v) is 8.68. The Morgan fingerprint density at radius 1 is 1.03 bits per heavy atom. The van der Waals surface area contributed by atoms with Crippen molar-refractivity contribution in [1.29, 1.82) is 0 Å². The lowest BCUT2D eigenvalue weighted by atomic mass is 9.99. The molecule has 0 aromatic heterocycles. The first-order valence-electron chi connectivity index (χ1n) is 11.6. The predicted octanol–water partition coefficient (Wildman–Crippen LogP) is 3.56. The van der Waals surface area contributed by atoms with Crippen LogP contribution in [0.2, 0.25) is 0 Å². The van der Waals surface area contributed by atoms with Crippen molar-refractivity contribution < 1.29 is 19.1 Å². The lowest BCUT2D eigenvalue weighted by Crippen LogP contribution is -2.54. The maximum absolute atomic E-state index is 13.0. The predicted molar refractivity (Wildman–Crippen MR) is 135 cm³/mol. The molecule has 0 unspecified atom stereocenters. The highest BCUT2D eigenvalue weighted by molar-refractivity contribution is 6.10. The number of carbonyl (C=O) groups excluding carboxylic acids is 3. The van der Waals surface area contributed by atoms with Crippen LogP contribution in [-0.2, 0) is 17.9 Å². The summed E-state index contributed by atoms with van der Waals surface area (Å²) in [5, 5.41) is 13.3. The molecule has 0 spiro atoms. The van der Waals surface area contributed by atoms with Crippen molar-refractivity contribution in [3.63, 3.8) is 0 Å². The van der Waals surface area contributed by atoms with Gasteiger partial charge in [-0.1, -0.05) is 48.2 Å². The van der Waals surface area contributed by atoms with E-state index in [-0.39, 0.29) is 12.5 Å². The smallest absolute Gasteiger partial charge is 0.323 e. The van der Waals surface area contributed by atoms with Crippen LogP contribution in [0.15, 0.2) is 83.0 Å². The molecule has 0 aliphatic carbocycles. The van der Waals surface area contributed by atoms with E-state index in [2.05, 4.69) is 32.7 Å². The van der Waals surface area contributed by atoms with Crippen molar-refractivity contribution in [2.45, 2.75) is 18.6 Å². The number of hydrogen-bond acceptors (Lipinski definition) is 6. The number of nitrogens with zero attached hydrogens (tertiary/aromatic N) is 3. The Hall–Kier alpha value is -4.97. The van der Waals surface area contributed by atoms with E-state index in [0.29, 0.717) is 30.0 Å². The van der Waals surface area contributed by atoms with Crippen LogP contribution in [0.3, 0.4) is 0 Å². The van der Waals surface area contributed by atoms with Crippen molar-refractivity contribution in [3.05, 3.63) is 95.1 Å². The quantitative estimate of drug-likeness (QED) is 0.311. The summed E-state index contributed by atoms with van der Waals surface area (Å²) in [7, 11) is 1.53. The van der Waals surface area contributed by atoms with Gasteiger partial charge < -0.3 is 15.0 Å². The van der Waals surface area contributed by atoms with E-state index < -0.39 is 17.5 Å². The van der Waals surface area contributed by atoms with E-state index >= 15 is 0 Å². The van der Waals surface area contributed by atoms with Crippen molar-refractivity contribution in [2.75, 3.05) is 13.7 Å². The fraction of sp³-hybridized carbons (Fsp3) is 0.179. The average molecular weight is 494 g/mol. The number of benzene rings is 3. The van der Waals surface area contributed by atoms with Gasteiger partial charge in [-0.05, 0) is 47.5 Å². The minimum atomic E-state index is -1.57. The van der Waals surface area contributed by atoms with E-state index in [1.165, 1.54) is 12.0 Å². The van der Waals surface area contributed by atoms with E-state index in [1.807, 2.05) is 60.7 Å². The van der Waals surface area contributed by atoms with Gasteiger partial charge in [0.05, 0.1) is 25.9 Å². The summed E-state index contributed by atoms with van der Waals surface area (Å²) >= 11 is 0. The lowest BCUT2D eigenvalue weighted by molar-refractivity contribution is -0.122. The zero-order chi connectivity index (χ0) is 25.8. The van der Waals surface area contributed by atoms with Crippen LogP contribution < -0.4 is 15.4 Å². The van der Waals surface area contributed by atoms with Gasteiger partial charge in [-0.3, -0.25) is 14.9 Å². The highest BCUT2D eigenvalue weighted by atomic mass is 16.5. The van der Waals surface area contributed by atoms with Crippen molar-refractivity contribution in [1.82, 2.24) is 15.5 Å². The van der Waals surface area contributed by atoms with Crippen molar-refractivity contribution in [3.8, 4) is 17.6 Å². The van der Waals surface area contributed by atoms with Crippen LogP contribution in [-0.4, -0.2) is 41.9 Å². The van der Waals surface area contributed by atoms with E-state index in [0.717, 1.165) is 16.8 Å². The van der Waals surface area contributed by atoms with E-state index in [4.69, 9.17) is 4.74 Å². The van der Waals surface area contributed by atoms with Crippen LogP contribution in [0.4, 0.5) is 10.5 Å². The zero-order valence-electron chi connectivity index (χ0n) is 20.0. The first-order valence-corrected chi connectivity index (χ1v) is 11.6. The molecular formula is C28H23N5O4. The van der Waals surface area contributed by atoms with Crippen LogP contribution in [0.25, 0.3) is 0 Å². The molecule has 9 heteroatoms. The highest BCUT2D eigenvalue weighted by Crippen LogP contribution is 2.28. The molecule has 2 aliphatic heterocycles. The molecule has 37 heavy (non-hydrogen) atoms. The number of rotatable bonds is 6. The molecule has 2 heterocycles. The zero-order valence-corrected chi connectivity index (χ0v) is 20.0. The Bertz CT molecular complexity index is 1460. The standard InChI is InChI=1S/C28H23N5O4/c1-37-23-12-11-21-17-33(25(34)24(21)15-23)18-28(26(35)30-27(36)31-28)14-13-19-7-9-20(10-8-19)16-29-32-22-5-3-2-4-6-22/h2-12,15H,16-18H2,1H3,(H2,30,31,35,36)/t28-/m1/s1. The Labute approximate surface area is 213 Å². The number of amides is 4. The number of azo groups is 1. The highest BCUT2D eigenvalue weighted by Gasteiger charge is 2.48. The molecule has 184 valence electrons. The molecule has 1 fully saturated rings. The first kappa shape index (κ1) is 23.8. The van der Waals surface area contributed by atoms with Gasteiger partial charge in [-0.15, -0.1) is 0 Å². The molecule has 0 saturated carbocycles. The van der Waals surface area contributed by atoms with E-state index in [1.54, 1.807) is 12.1 Å². The number of nitrogens with one attached hydrogen (secondary N) is 2. The number of carbonyl (C=O) groups is 3. The van der Waals surface area contributed by atoms with Crippen molar-refractivity contribution >= 4 is 23.5 Å². The summed E-state index contributed by atoms with van der Waals surface area (Å²) in [4.78, 5) is 39.4. The normalized spacial score (nSPS) is 18.3. The fourth-order valence-corrected chi connectivity index (χ4v) is 4.18. The third-order valence-electron chi connectivity index (χ3n) is 6.14. The van der Waals surface area contributed by atoms with Gasteiger partial charge >= 0.3 is 6.03 Å². The lowest BCUT2D eigenvalue weighted by Gasteiger charge is -2.26. The molecule has 2 aliphatic rings. The molecule has 1 atom stereocenters. The number of ether oxygens (including phenoxy) is 1. The minimum absolute atomic E-state index is 0.0919. The third-order valence-corrected chi connectivity index (χ3v) is 6.14. The Balaban J connectivity index is 1.32. The molecule has 3 aromatic carbocycles. The Morgan fingerprint density at radius 2 is 1.81 bits per heavy atom. The van der Waals surface area contributed by atoms with Crippen LogP contribution >= 0.6 is 0 Å². The van der Waals surface area contributed by atoms with E-state index in [9.17, 15) is 14.4 Å². The Kier molecular flexibility index (Phi) is 6.39. The number of hydrogen-bond donors (Lipinski definition) is 2. The van der Waals surface area contributed by atoms with Gasteiger partial charge in [0.15, 0.2) is 0 Å². The number of fused-ring (bicyclic) bond motifs is 1. The average Bonchev–Trinajstić information content (AvgIpc) is 3.37. The molecule has 5 rings (SSSR count). The maximum atomic E-state index is 13.0. The van der Waals surface area contributed by atoms with Crippen LogP contribution in [0, 0.1) is 11.8 Å².